The summed E-state index contributed by atoms with van der Waals surface area (Å²) in [5, 5.41) is 2.71. The van der Waals surface area contributed by atoms with E-state index in [-0.39, 0.29) is 11.5 Å². The predicted octanol–water partition coefficient (Wildman–Crippen LogP) is 6.59. The minimum atomic E-state index is -0.202. The fraction of sp³-hybridized carbons (Fsp3) is 0.217. The van der Waals surface area contributed by atoms with E-state index >= 15 is 0 Å². The molecule has 28 heavy (non-hydrogen) atoms. The van der Waals surface area contributed by atoms with Gasteiger partial charge in [-0.1, -0.05) is 23.2 Å². The van der Waals surface area contributed by atoms with Crippen LogP contribution in [0.1, 0.15) is 35.5 Å². The summed E-state index contributed by atoms with van der Waals surface area (Å²) in [5.41, 5.74) is 9.69. The van der Waals surface area contributed by atoms with Crippen molar-refractivity contribution in [2.24, 2.45) is 0 Å². The maximum atomic E-state index is 6.43. The maximum Gasteiger partial charge on any atom is 0.0831 e. The third kappa shape index (κ3) is 1.77. The molecule has 1 aliphatic heterocycles. The molecular formula is C23H19Cl2N3. The molecule has 0 radical (unpaired) electrons. The Kier molecular flexibility index (Phi) is 3.06. The molecule has 0 unspecified atom stereocenters. The second kappa shape index (κ2) is 5.16. The molecule has 0 bridgehead atoms. The first-order valence-electron chi connectivity index (χ1n) is 9.44. The van der Waals surface area contributed by atoms with Gasteiger partial charge in [0, 0.05) is 67.8 Å². The van der Waals surface area contributed by atoms with Gasteiger partial charge >= 0.3 is 0 Å². The van der Waals surface area contributed by atoms with Gasteiger partial charge in [-0.25, -0.2) is 0 Å². The highest BCUT2D eigenvalue weighted by molar-refractivity contribution is 6.31. The van der Waals surface area contributed by atoms with Crippen LogP contribution in [0.5, 0.6) is 0 Å². The van der Waals surface area contributed by atoms with Crippen molar-refractivity contribution in [3.63, 3.8) is 0 Å². The van der Waals surface area contributed by atoms with Crippen LogP contribution in [0, 0.1) is 6.92 Å². The van der Waals surface area contributed by atoms with Crippen molar-refractivity contribution in [1.82, 2.24) is 9.97 Å². The Labute approximate surface area is 173 Å². The lowest BCUT2D eigenvalue weighted by molar-refractivity contribution is 0.464. The molecule has 2 aliphatic rings. The lowest BCUT2D eigenvalue weighted by Crippen LogP contribution is -2.37. The zero-order valence-electron chi connectivity index (χ0n) is 15.8. The highest BCUT2D eigenvalue weighted by Gasteiger charge is 2.54. The lowest BCUT2D eigenvalue weighted by Gasteiger charge is -2.39. The molecule has 0 fully saturated rings. The molecule has 0 spiro atoms. The first-order chi connectivity index (χ1) is 13.4. The second-order valence-electron chi connectivity index (χ2n) is 8.18. The minimum Gasteiger partial charge on any atom is -0.365 e. The van der Waals surface area contributed by atoms with Crippen molar-refractivity contribution in [1.29, 1.82) is 0 Å². The van der Waals surface area contributed by atoms with Gasteiger partial charge in [0.25, 0.3) is 0 Å². The van der Waals surface area contributed by atoms with Crippen molar-refractivity contribution >= 4 is 39.8 Å². The Balaban J connectivity index is 1.79. The number of hydrogen-bond donors (Lipinski definition) is 2. The zero-order chi connectivity index (χ0) is 19.4. The molecule has 3 nitrogen and oxygen atoms in total. The van der Waals surface area contributed by atoms with Crippen LogP contribution in [0.15, 0.2) is 42.6 Å². The van der Waals surface area contributed by atoms with Gasteiger partial charge in [0.1, 0.15) is 0 Å². The van der Waals surface area contributed by atoms with Crippen LogP contribution < -0.4 is 4.90 Å². The fourth-order valence-electron chi connectivity index (χ4n) is 5.60. The molecule has 0 saturated carbocycles. The monoisotopic (exact) mass is 407 g/mol. The summed E-state index contributed by atoms with van der Waals surface area (Å²) in [6.45, 7) is 4.48. The summed E-state index contributed by atoms with van der Waals surface area (Å²) in [7, 11) is 2.18. The lowest BCUT2D eigenvalue weighted by atomic mass is 9.66. The van der Waals surface area contributed by atoms with E-state index in [1.54, 1.807) is 0 Å². The average molecular weight is 408 g/mol. The molecule has 5 heteroatoms. The molecular weight excluding hydrogens is 389 g/mol. The zero-order valence-corrected chi connectivity index (χ0v) is 17.3. The number of aryl methyl sites for hydroxylation is 1. The van der Waals surface area contributed by atoms with Crippen LogP contribution >= 0.6 is 23.2 Å². The standard InChI is InChI=1S/C23H19Cl2N3/c1-11-19-16(10-26-11)23(2)15-9-13(25)5-7-18(15)28(3)22(23)21-20(19)14-8-12(24)4-6-17(14)27-21/h4-10,22,26-27H,1-3H3/t22-,23+/m0/s1. The molecule has 3 heterocycles. The normalized spacial score (nSPS) is 22.2. The topological polar surface area (TPSA) is 34.8 Å². The summed E-state index contributed by atoms with van der Waals surface area (Å²) in [5.74, 6) is 0. The van der Waals surface area contributed by atoms with E-state index in [4.69, 9.17) is 23.2 Å². The number of anilines is 1. The molecule has 6 rings (SSSR count). The molecule has 2 aromatic heterocycles. The third-order valence-corrected chi connectivity index (χ3v) is 7.25. The molecule has 1 aliphatic carbocycles. The van der Waals surface area contributed by atoms with Gasteiger partial charge < -0.3 is 14.9 Å². The van der Waals surface area contributed by atoms with Gasteiger partial charge in [-0.05, 0) is 61.4 Å². The highest BCUT2D eigenvalue weighted by Crippen LogP contribution is 2.62. The van der Waals surface area contributed by atoms with Crippen LogP contribution in [0.3, 0.4) is 0 Å². The molecule has 0 amide bonds. The van der Waals surface area contributed by atoms with E-state index in [1.807, 2.05) is 12.1 Å². The van der Waals surface area contributed by atoms with Crippen molar-refractivity contribution in [3.8, 4) is 11.1 Å². The van der Waals surface area contributed by atoms with Crippen LogP contribution in [0.4, 0.5) is 5.69 Å². The molecule has 140 valence electrons. The van der Waals surface area contributed by atoms with Crippen molar-refractivity contribution in [3.05, 3.63) is 75.2 Å². The third-order valence-electron chi connectivity index (χ3n) is 6.78. The predicted molar refractivity (Wildman–Crippen MR) is 117 cm³/mol. The Morgan fingerprint density at radius 1 is 1.00 bits per heavy atom. The quantitative estimate of drug-likeness (QED) is 0.338. The number of H-pyrrole nitrogens is 2. The van der Waals surface area contributed by atoms with Gasteiger partial charge in [0.2, 0.25) is 0 Å². The maximum absolute atomic E-state index is 6.43. The number of nitrogens with one attached hydrogen (secondary N) is 2. The number of rotatable bonds is 0. The number of likely N-dealkylation sites (N-methyl/N-ethyl adjacent to an activating group) is 1. The number of aromatic nitrogens is 2. The fourth-order valence-corrected chi connectivity index (χ4v) is 5.94. The van der Waals surface area contributed by atoms with Crippen LogP contribution in [0.25, 0.3) is 22.0 Å². The number of nitrogens with zero attached hydrogens (tertiary/aromatic N) is 1. The Morgan fingerprint density at radius 2 is 1.75 bits per heavy atom. The number of halogens is 2. The molecule has 2 aromatic carbocycles. The van der Waals surface area contributed by atoms with Gasteiger partial charge in [0.05, 0.1) is 6.04 Å². The minimum absolute atomic E-state index is 0.157. The average Bonchev–Trinajstić information content (AvgIpc) is 3.27. The first kappa shape index (κ1) is 16.6. The number of benzene rings is 2. The summed E-state index contributed by atoms with van der Waals surface area (Å²) in [4.78, 5) is 9.60. The second-order valence-corrected chi connectivity index (χ2v) is 9.06. The smallest absolute Gasteiger partial charge is 0.0831 e. The van der Waals surface area contributed by atoms with E-state index in [0.717, 1.165) is 15.6 Å². The van der Waals surface area contributed by atoms with Gasteiger partial charge in [0.15, 0.2) is 0 Å². The highest BCUT2D eigenvalue weighted by atomic mass is 35.5. The van der Waals surface area contributed by atoms with Crippen molar-refractivity contribution in [2.45, 2.75) is 25.3 Å². The number of aromatic amines is 2. The summed E-state index contributed by atoms with van der Waals surface area (Å²) in [6, 6.07) is 12.5. The summed E-state index contributed by atoms with van der Waals surface area (Å²) in [6.07, 6.45) is 2.17. The van der Waals surface area contributed by atoms with Crippen LogP contribution in [0.2, 0.25) is 10.0 Å². The van der Waals surface area contributed by atoms with Gasteiger partial charge in [-0.3, -0.25) is 0 Å². The summed E-state index contributed by atoms with van der Waals surface area (Å²) >= 11 is 12.8. The van der Waals surface area contributed by atoms with E-state index in [9.17, 15) is 0 Å². The molecule has 4 aromatic rings. The summed E-state index contributed by atoms with van der Waals surface area (Å²) < 4.78 is 0. The molecule has 2 atom stereocenters. The first-order valence-corrected chi connectivity index (χ1v) is 10.2. The van der Waals surface area contributed by atoms with E-state index in [0.29, 0.717) is 0 Å². The Bertz CT molecular complexity index is 1300. The SMILES string of the molecule is Cc1[nH]cc2c1-c1c([nH]c3ccc(Cl)cc13)[C@@H]1N(C)c3ccc(Cl)cc3[C@]21C. The number of hydrogen-bond acceptors (Lipinski definition) is 1. The van der Waals surface area contributed by atoms with Crippen molar-refractivity contribution < 1.29 is 0 Å². The van der Waals surface area contributed by atoms with E-state index in [2.05, 4.69) is 66.2 Å². The largest absolute Gasteiger partial charge is 0.365 e. The number of fused-ring (bicyclic) bond motifs is 10. The Morgan fingerprint density at radius 3 is 2.57 bits per heavy atom. The molecule has 0 saturated heterocycles. The van der Waals surface area contributed by atoms with Crippen molar-refractivity contribution in [2.75, 3.05) is 11.9 Å². The molecule has 2 N–H and O–H groups in total. The van der Waals surface area contributed by atoms with Crippen LogP contribution in [-0.4, -0.2) is 17.0 Å². The van der Waals surface area contributed by atoms with Gasteiger partial charge in [-0.2, -0.15) is 0 Å². The van der Waals surface area contributed by atoms with E-state index < -0.39 is 0 Å². The van der Waals surface area contributed by atoms with Gasteiger partial charge in [-0.15, -0.1) is 0 Å². The Hall–Kier alpha value is -2.36. The van der Waals surface area contributed by atoms with Crippen LogP contribution in [-0.2, 0) is 5.41 Å². The van der Waals surface area contributed by atoms with E-state index in [1.165, 1.54) is 44.7 Å².